The summed E-state index contributed by atoms with van der Waals surface area (Å²) in [4.78, 5) is 16.4. The number of benzene rings is 2. The zero-order valence-electron chi connectivity index (χ0n) is 12.7. The van der Waals surface area contributed by atoms with Crippen LogP contribution in [0.15, 0.2) is 59.4 Å². The second kappa shape index (κ2) is 6.33. The third-order valence-electron chi connectivity index (χ3n) is 3.83. The molecular weight excluding hydrogens is 322 g/mol. The molecule has 0 fully saturated rings. The van der Waals surface area contributed by atoms with E-state index in [-0.39, 0.29) is 12.1 Å². The molecule has 1 amide bonds. The minimum Gasteiger partial charge on any atom is -0.487 e. The first-order valence-corrected chi connectivity index (χ1v) is 8.50. The van der Waals surface area contributed by atoms with Crippen molar-refractivity contribution in [2.75, 3.05) is 5.32 Å². The third kappa shape index (κ3) is 2.96. The highest BCUT2D eigenvalue weighted by Gasteiger charge is 2.23. The van der Waals surface area contributed by atoms with Crippen molar-refractivity contribution in [1.29, 1.82) is 0 Å². The highest BCUT2D eigenvalue weighted by Crippen LogP contribution is 2.27. The van der Waals surface area contributed by atoms with E-state index in [1.165, 1.54) is 0 Å². The van der Waals surface area contributed by atoms with Gasteiger partial charge in [0.05, 0.1) is 16.8 Å². The lowest BCUT2D eigenvalue weighted by atomic mass is 10.1. The number of nitrogens with one attached hydrogen (secondary N) is 2. The molecule has 6 heteroatoms. The lowest BCUT2D eigenvalue weighted by molar-refractivity contribution is 0.0935. The van der Waals surface area contributed by atoms with Gasteiger partial charge in [-0.2, -0.15) is 0 Å². The number of hydrogen-bond donors (Lipinski definition) is 2. The number of aromatic nitrogens is 1. The molecule has 0 saturated heterocycles. The van der Waals surface area contributed by atoms with Gasteiger partial charge in [0, 0.05) is 11.1 Å². The molecule has 0 radical (unpaired) electrons. The molecule has 1 aromatic heterocycles. The Bertz CT molecular complexity index is 847. The molecule has 1 aliphatic rings. The second-order valence-electron chi connectivity index (χ2n) is 5.43. The van der Waals surface area contributed by atoms with Crippen molar-refractivity contribution in [1.82, 2.24) is 10.3 Å². The van der Waals surface area contributed by atoms with Crippen LogP contribution in [0.25, 0.3) is 0 Å². The Hall–Kier alpha value is -2.86. The largest absolute Gasteiger partial charge is 0.487 e. The summed E-state index contributed by atoms with van der Waals surface area (Å²) < 4.78 is 5.71. The summed E-state index contributed by atoms with van der Waals surface area (Å²) in [5.74, 6) is 0.701. The average Bonchev–Trinajstić information content (AvgIpc) is 3.14. The minimum atomic E-state index is -0.250. The number of nitrogens with zero attached hydrogens (tertiary/aromatic N) is 1. The van der Waals surface area contributed by atoms with Gasteiger partial charge in [-0.25, -0.2) is 4.98 Å². The highest BCUT2D eigenvalue weighted by atomic mass is 32.1. The molecule has 3 aromatic rings. The molecule has 0 spiro atoms. The van der Waals surface area contributed by atoms with Gasteiger partial charge in [0.15, 0.2) is 0 Å². The first kappa shape index (κ1) is 14.7. The fraction of sp³-hybridized carbons (Fsp3) is 0.111. The zero-order valence-corrected chi connectivity index (χ0v) is 13.5. The van der Waals surface area contributed by atoms with Gasteiger partial charge in [-0.3, -0.25) is 4.79 Å². The van der Waals surface area contributed by atoms with E-state index >= 15 is 0 Å². The number of fused-ring (bicyclic) bond motifs is 1. The standard InChI is InChI=1S/C18H15N3O2S/c22-18-15-3-1-2-4-16(15)20-17(21-18)12-5-7-14(8-6-12)23-9-13-10-24-11-19-13/h1-8,10-11,17,20H,9H2,(H,21,22)/t17-/m0/s1. The van der Waals surface area contributed by atoms with Gasteiger partial charge in [0.1, 0.15) is 18.5 Å². The van der Waals surface area contributed by atoms with E-state index in [1.807, 2.05) is 53.9 Å². The molecule has 0 unspecified atom stereocenters. The predicted octanol–water partition coefficient (Wildman–Crippen LogP) is 3.58. The molecule has 2 aromatic carbocycles. The highest BCUT2D eigenvalue weighted by molar-refractivity contribution is 7.07. The smallest absolute Gasteiger partial charge is 0.255 e. The number of carbonyl (C=O) groups is 1. The van der Waals surface area contributed by atoms with Gasteiger partial charge in [0.25, 0.3) is 5.91 Å². The van der Waals surface area contributed by atoms with Crippen LogP contribution < -0.4 is 15.4 Å². The lowest BCUT2D eigenvalue weighted by Gasteiger charge is -2.28. The molecular formula is C18H15N3O2S. The summed E-state index contributed by atoms with van der Waals surface area (Å²) in [5, 5.41) is 8.26. The Labute approximate surface area is 143 Å². The summed E-state index contributed by atoms with van der Waals surface area (Å²) in [6.07, 6.45) is -0.250. The maximum atomic E-state index is 12.2. The first-order valence-electron chi connectivity index (χ1n) is 7.56. The van der Waals surface area contributed by atoms with E-state index < -0.39 is 0 Å². The van der Waals surface area contributed by atoms with Crippen molar-refractivity contribution in [3.63, 3.8) is 0 Å². The summed E-state index contributed by atoms with van der Waals surface area (Å²) in [7, 11) is 0. The van der Waals surface area contributed by atoms with Gasteiger partial charge in [-0.15, -0.1) is 11.3 Å². The van der Waals surface area contributed by atoms with E-state index in [1.54, 1.807) is 16.8 Å². The van der Waals surface area contributed by atoms with Crippen LogP contribution in [0.2, 0.25) is 0 Å². The summed E-state index contributed by atoms with van der Waals surface area (Å²) in [6.45, 7) is 0.453. The summed E-state index contributed by atoms with van der Waals surface area (Å²) in [6, 6.07) is 15.2. The van der Waals surface area contributed by atoms with E-state index in [0.29, 0.717) is 12.2 Å². The Balaban J connectivity index is 1.46. The fourth-order valence-corrected chi connectivity index (χ4v) is 3.14. The monoisotopic (exact) mass is 337 g/mol. The van der Waals surface area contributed by atoms with Crippen LogP contribution in [-0.4, -0.2) is 10.9 Å². The maximum Gasteiger partial charge on any atom is 0.255 e. The molecule has 1 atom stereocenters. The Morgan fingerprint density at radius 2 is 1.92 bits per heavy atom. The van der Waals surface area contributed by atoms with Gasteiger partial charge in [-0.05, 0) is 29.8 Å². The first-order chi connectivity index (χ1) is 11.8. The quantitative estimate of drug-likeness (QED) is 0.764. The van der Waals surface area contributed by atoms with Crippen molar-refractivity contribution in [3.8, 4) is 5.75 Å². The molecule has 0 bridgehead atoms. The molecule has 2 N–H and O–H groups in total. The van der Waals surface area contributed by atoms with Gasteiger partial charge in [0.2, 0.25) is 0 Å². The van der Waals surface area contributed by atoms with Crippen molar-refractivity contribution in [2.24, 2.45) is 0 Å². The molecule has 0 aliphatic carbocycles. The average molecular weight is 337 g/mol. The Morgan fingerprint density at radius 1 is 1.08 bits per heavy atom. The minimum absolute atomic E-state index is 0.0711. The van der Waals surface area contributed by atoms with Crippen molar-refractivity contribution in [3.05, 3.63) is 76.2 Å². The van der Waals surface area contributed by atoms with Crippen LogP contribution >= 0.6 is 11.3 Å². The third-order valence-corrected chi connectivity index (χ3v) is 4.47. The van der Waals surface area contributed by atoms with Crippen LogP contribution in [-0.2, 0) is 6.61 Å². The number of para-hydroxylation sites is 1. The number of rotatable bonds is 4. The lowest BCUT2D eigenvalue weighted by Crippen LogP contribution is -2.38. The number of carbonyl (C=O) groups excluding carboxylic acids is 1. The molecule has 0 saturated carbocycles. The van der Waals surface area contributed by atoms with Crippen LogP contribution in [0.1, 0.15) is 27.8 Å². The predicted molar refractivity (Wildman–Crippen MR) is 93.2 cm³/mol. The van der Waals surface area contributed by atoms with E-state index in [4.69, 9.17) is 4.74 Å². The van der Waals surface area contributed by atoms with E-state index in [9.17, 15) is 4.79 Å². The van der Waals surface area contributed by atoms with Crippen LogP contribution in [0.4, 0.5) is 5.69 Å². The molecule has 1 aliphatic heterocycles. The Kier molecular flexibility index (Phi) is 3.88. The Morgan fingerprint density at radius 3 is 2.71 bits per heavy atom. The number of ether oxygens (including phenoxy) is 1. The topological polar surface area (TPSA) is 63.2 Å². The van der Waals surface area contributed by atoms with Crippen LogP contribution in [0, 0.1) is 0 Å². The van der Waals surface area contributed by atoms with Gasteiger partial charge >= 0.3 is 0 Å². The van der Waals surface area contributed by atoms with Crippen molar-refractivity contribution >= 4 is 22.9 Å². The maximum absolute atomic E-state index is 12.2. The fourth-order valence-electron chi connectivity index (χ4n) is 2.60. The molecule has 2 heterocycles. The number of amides is 1. The van der Waals surface area contributed by atoms with Gasteiger partial charge in [-0.1, -0.05) is 24.3 Å². The summed E-state index contributed by atoms with van der Waals surface area (Å²) in [5.41, 5.74) is 5.18. The number of thiazole rings is 1. The van der Waals surface area contributed by atoms with Crippen LogP contribution in [0.3, 0.4) is 0 Å². The van der Waals surface area contributed by atoms with Gasteiger partial charge < -0.3 is 15.4 Å². The zero-order chi connectivity index (χ0) is 16.4. The molecule has 24 heavy (non-hydrogen) atoms. The SMILES string of the molecule is O=C1N[C@@H](c2ccc(OCc3cscn3)cc2)Nc2ccccc21. The molecule has 120 valence electrons. The van der Waals surface area contributed by atoms with Crippen molar-refractivity contribution in [2.45, 2.75) is 12.8 Å². The number of anilines is 1. The molecule has 4 rings (SSSR count). The van der Waals surface area contributed by atoms with Crippen molar-refractivity contribution < 1.29 is 9.53 Å². The van der Waals surface area contributed by atoms with E-state index in [0.717, 1.165) is 22.7 Å². The van der Waals surface area contributed by atoms with Crippen LogP contribution in [0.5, 0.6) is 5.75 Å². The number of hydrogen-bond acceptors (Lipinski definition) is 5. The summed E-state index contributed by atoms with van der Waals surface area (Å²) >= 11 is 1.55. The second-order valence-corrected chi connectivity index (χ2v) is 6.15. The normalized spacial score (nSPS) is 16.0. The molecule has 5 nitrogen and oxygen atoms in total. The van der Waals surface area contributed by atoms with E-state index in [2.05, 4.69) is 15.6 Å².